The minimum atomic E-state index is 0.334. The number of rotatable bonds is 5. The number of nitrogens with zero attached hydrogens (tertiary/aromatic N) is 5. The van der Waals surface area contributed by atoms with Gasteiger partial charge < -0.3 is 15.4 Å². The van der Waals surface area contributed by atoms with Crippen molar-refractivity contribution in [1.29, 1.82) is 5.26 Å². The van der Waals surface area contributed by atoms with Crippen LogP contribution in [0.15, 0.2) is 30.5 Å². The number of hydrogen-bond donors (Lipinski definition) is 2. The smallest absolute Gasteiger partial charge is 0.166 e. The van der Waals surface area contributed by atoms with Gasteiger partial charge in [-0.15, -0.1) is 10.2 Å². The molecule has 2 saturated heterocycles. The van der Waals surface area contributed by atoms with Crippen LogP contribution in [0.5, 0.6) is 0 Å². The van der Waals surface area contributed by atoms with Gasteiger partial charge >= 0.3 is 0 Å². The summed E-state index contributed by atoms with van der Waals surface area (Å²) >= 11 is 0. The highest BCUT2D eigenvalue weighted by Crippen LogP contribution is 2.41. The van der Waals surface area contributed by atoms with Gasteiger partial charge in [0.15, 0.2) is 5.82 Å². The molecule has 8 heteroatoms. The van der Waals surface area contributed by atoms with Crippen LogP contribution in [0.3, 0.4) is 0 Å². The van der Waals surface area contributed by atoms with Gasteiger partial charge in [-0.3, -0.25) is 4.68 Å². The van der Waals surface area contributed by atoms with Crippen molar-refractivity contribution in [3.8, 4) is 17.3 Å². The lowest BCUT2D eigenvalue weighted by Gasteiger charge is -2.27. The Morgan fingerprint density at radius 3 is 3.06 bits per heavy atom. The second-order valence-corrected chi connectivity index (χ2v) is 10.3. The van der Waals surface area contributed by atoms with Gasteiger partial charge in [0.05, 0.1) is 16.8 Å². The quantitative estimate of drug-likeness (QED) is 0.605. The molecule has 0 radical (unpaired) electrons. The summed E-state index contributed by atoms with van der Waals surface area (Å²) in [6, 6.07) is 11.1. The van der Waals surface area contributed by atoms with Crippen LogP contribution < -0.4 is 10.6 Å². The first-order valence-corrected chi connectivity index (χ1v) is 12.5. The molecule has 3 fully saturated rings. The molecule has 8 nitrogen and oxygen atoms in total. The monoisotopic (exact) mass is 457 g/mol. The molecule has 176 valence electrons. The predicted octanol–water partition coefficient (Wildman–Crippen LogP) is 3.50. The van der Waals surface area contributed by atoms with Crippen molar-refractivity contribution >= 4 is 16.7 Å². The topological polar surface area (TPSA) is 101 Å². The van der Waals surface area contributed by atoms with E-state index in [1.54, 1.807) is 4.68 Å². The van der Waals surface area contributed by atoms with E-state index < -0.39 is 0 Å². The van der Waals surface area contributed by atoms with Gasteiger partial charge in [-0.2, -0.15) is 10.4 Å². The second kappa shape index (κ2) is 8.97. The molecule has 2 N–H and O–H groups in total. The van der Waals surface area contributed by atoms with Gasteiger partial charge in [-0.1, -0.05) is 6.07 Å². The summed E-state index contributed by atoms with van der Waals surface area (Å²) in [6.07, 6.45) is 7.90. The number of ether oxygens (including phenoxy) is 1. The number of fused-ring (bicyclic) bond motifs is 2. The Morgan fingerprint density at radius 2 is 2.21 bits per heavy atom. The van der Waals surface area contributed by atoms with Gasteiger partial charge in [0, 0.05) is 49.5 Å². The number of nitriles is 1. The summed E-state index contributed by atoms with van der Waals surface area (Å²) in [4.78, 5) is 0. The van der Waals surface area contributed by atoms with Crippen LogP contribution in [0, 0.1) is 29.1 Å². The molecule has 3 aromatic rings. The molecule has 3 aliphatic rings. The fourth-order valence-corrected chi connectivity index (χ4v) is 6.29. The molecule has 6 rings (SSSR count). The third-order valence-electron chi connectivity index (χ3n) is 7.92. The maximum Gasteiger partial charge on any atom is 0.166 e. The van der Waals surface area contributed by atoms with E-state index in [1.807, 2.05) is 37.5 Å². The largest absolute Gasteiger partial charge is 0.381 e. The molecule has 0 amide bonds. The zero-order chi connectivity index (χ0) is 23.1. The van der Waals surface area contributed by atoms with Gasteiger partial charge in [0.2, 0.25) is 0 Å². The van der Waals surface area contributed by atoms with Crippen LogP contribution in [0.4, 0.5) is 5.82 Å². The minimum absolute atomic E-state index is 0.334. The Hall–Kier alpha value is -3.02. The average molecular weight is 458 g/mol. The molecule has 5 atom stereocenters. The van der Waals surface area contributed by atoms with Crippen LogP contribution >= 0.6 is 0 Å². The molecular weight excluding hydrogens is 426 g/mol. The fourth-order valence-electron chi connectivity index (χ4n) is 6.29. The lowest BCUT2D eigenvalue weighted by Crippen LogP contribution is -2.33. The summed E-state index contributed by atoms with van der Waals surface area (Å²) in [5.41, 5.74) is 3.12. The van der Waals surface area contributed by atoms with Crippen LogP contribution in [0.1, 0.15) is 37.7 Å². The first-order valence-electron chi connectivity index (χ1n) is 12.5. The Bertz CT molecular complexity index is 1230. The van der Waals surface area contributed by atoms with Crippen molar-refractivity contribution in [3.05, 3.63) is 36.0 Å². The van der Waals surface area contributed by atoms with E-state index in [4.69, 9.17) is 4.74 Å². The summed E-state index contributed by atoms with van der Waals surface area (Å²) < 4.78 is 7.50. The maximum absolute atomic E-state index is 9.83. The number of benzene rings is 1. The van der Waals surface area contributed by atoms with Crippen molar-refractivity contribution in [3.63, 3.8) is 0 Å². The highest BCUT2D eigenvalue weighted by molar-refractivity contribution is 5.83. The first kappa shape index (κ1) is 21.5. The summed E-state index contributed by atoms with van der Waals surface area (Å²) in [7, 11) is 1.91. The maximum atomic E-state index is 9.83. The zero-order valence-electron chi connectivity index (χ0n) is 19.6. The Morgan fingerprint density at radius 1 is 1.26 bits per heavy atom. The fraction of sp³-hybridized carbons (Fsp3) is 0.538. The van der Waals surface area contributed by atoms with Crippen LogP contribution in [-0.4, -0.2) is 51.8 Å². The van der Waals surface area contributed by atoms with Gasteiger partial charge in [0.25, 0.3) is 0 Å². The molecule has 1 aliphatic carbocycles. The van der Waals surface area contributed by atoms with E-state index in [-0.39, 0.29) is 0 Å². The lowest BCUT2D eigenvalue weighted by molar-refractivity contribution is 0.0462. The van der Waals surface area contributed by atoms with Crippen LogP contribution in [0.2, 0.25) is 0 Å². The van der Waals surface area contributed by atoms with Crippen molar-refractivity contribution in [2.75, 3.05) is 25.1 Å². The normalized spacial score (nSPS) is 28.6. The summed E-state index contributed by atoms with van der Waals surface area (Å²) in [5.74, 6) is 2.66. The molecule has 0 bridgehead atoms. The van der Waals surface area contributed by atoms with E-state index in [0.717, 1.165) is 49.1 Å². The first-order chi connectivity index (χ1) is 16.7. The van der Waals surface area contributed by atoms with Gasteiger partial charge in [-0.25, -0.2) is 0 Å². The van der Waals surface area contributed by atoms with Gasteiger partial charge in [0.1, 0.15) is 6.07 Å². The molecule has 0 spiro atoms. The highest BCUT2D eigenvalue weighted by Gasteiger charge is 2.44. The number of hydrogen-bond acceptors (Lipinski definition) is 7. The summed E-state index contributed by atoms with van der Waals surface area (Å²) in [5, 5.41) is 31.5. The molecule has 4 heterocycles. The zero-order valence-corrected chi connectivity index (χ0v) is 19.6. The van der Waals surface area contributed by atoms with Crippen molar-refractivity contribution in [2.24, 2.45) is 24.8 Å². The highest BCUT2D eigenvalue weighted by atomic mass is 16.5. The Kier molecular flexibility index (Phi) is 5.67. The Labute approximate surface area is 199 Å². The molecular formula is C26H31N7O. The number of aryl methyl sites for hydroxylation is 1. The lowest BCUT2D eigenvalue weighted by atomic mass is 9.86. The molecule has 2 aromatic heterocycles. The van der Waals surface area contributed by atoms with Crippen LogP contribution in [0.25, 0.3) is 22.2 Å². The Balaban J connectivity index is 1.15. The standard InChI is InChI=1S/C26H31N7O/c1-33-14-20-8-17(4-5-23(20)32-33)24-10-18(12-27)26(31-30-24)29-21-9-19-13-28-25(22(19)11-21)7-16-3-2-6-34-15-16/h4-5,8,10,14,16,19,21-22,25,28H,2-3,6-7,9,11,13,15H2,1H3,(H,29,31)/t16-,19+,21-,22-,25-/m0/s1. The second-order valence-electron chi connectivity index (χ2n) is 10.3. The van der Waals surface area contributed by atoms with Crippen molar-refractivity contribution < 1.29 is 4.74 Å². The van der Waals surface area contributed by atoms with Gasteiger partial charge in [-0.05, 0) is 74.6 Å². The molecule has 34 heavy (non-hydrogen) atoms. The van der Waals surface area contributed by atoms with E-state index in [0.29, 0.717) is 46.9 Å². The van der Waals surface area contributed by atoms with Crippen molar-refractivity contribution in [1.82, 2.24) is 25.3 Å². The van der Waals surface area contributed by atoms with E-state index in [9.17, 15) is 5.26 Å². The molecule has 0 unspecified atom stereocenters. The average Bonchev–Trinajstić information content (AvgIpc) is 3.53. The molecule has 1 aromatic carbocycles. The van der Waals surface area contributed by atoms with Crippen molar-refractivity contribution in [2.45, 2.75) is 44.2 Å². The molecule has 2 aliphatic heterocycles. The molecule has 1 saturated carbocycles. The van der Waals surface area contributed by atoms with E-state index >= 15 is 0 Å². The number of anilines is 1. The van der Waals surface area contributed by atoms with Crippen LogP contribution in [-0.2, 0) is 11.8 Å². The van der Waals surface area contributed by atoms with E-state index in [1.165, 1.54) is 19.3 Å². The number of nitrogens with one attached hydrogen (secondary N) is 2. The summed E-state index contributed by atoms with van der Waals surface area (Å²) in [6.45, 7) is 2.93. The number of aromatic nitrogens is 4. The predicted molar refractivity (Wildman–Crippen MR) is 130 cm³/mol. The van der Waals surface area contributed by atoms with E-state index in [2.05, 4.69) is 32.0 Å². The third-order valence-corrected chi connectivity index (χ3v) is 7.92. The third kappa shape index (κ3) is 4.15. The minimum Gasteiger partial charge on any atom is -0.381 e. The SMILES string of the molecule is Cn1cc2cc(-c3cc(C#N)c(N[C@H]4C[C@@H]5CN[C@@H](C[C@@H]6CCCOC6)[C@H]5C4)nn3)ccc2n1.